The monoisotopic (exact) mass is 351 g/mol. The van der Waals surface area contributed by atoms with Gasteiger partial charge >= 0.3 is 0 Å². The minimum Gasteiger partial charge on any atom is -0.497 e. The molecule has 3 aromatic carbocycles. The van der Waals surface area contributed by atoms with Gasteiger partial charge < -0.3 is 4.74 Å². The Morgan fingerprint density at radius 2 is 1.30 bits per heavy atom. The average Bonchev–Trinajstić information content (AvgIpc) is 2.74. The van der Waals surface area contributed by atoms with Gasteiger partial charge in [-0.1, -0.05) is 66.2 Å². The number of nitrogens with zero attached hydrogens (tertiary/aromatic N) is 1. The lowest BCUT2D eigenvalue weighted by atomic mass is 9.89. The van der Waals surface area contributed by atoms with Crippen LogP contribution in [-0.4, -0.2) is 12.1 Å². The molecule has 0 saturated carbocycles. The van der Waals surface area contributed by atoms with Crippen molar-refractivity contribution in [3.63, 3.8) is 0 Å². The highest BCUT2D eigenvalue weighted by Gasteiger charge is 2.14. The number of aryl methyl sites for hydroxylation is 1. The third-order valence-electron chi connectivity index (χ3n) is 4.75. The molecule has 0 aliphatic carbocycles. The van der Waals surface area contributed by atoms with Crippen LogP contribution < -0.4 is 4.74 Å². The normalized spacial score (nSPS) is 10.6. The zero-order valence-corrected chi connectivity index (χ0v) is 15.5. The molecular formula is C25H21NO. The Bertz CT molecular complexity index is 1040. The molecule has 4 rings (SSSR count). The van der Waals surface area contributed by atoms with Gasteiger partial charge in [0.25, 0.3) is 0 Å². The number of pyridine rings is 1. The number of benzene rings is 3. The Labute approximate surface area is 160 Å². The van der Waals surface area contributed by atoms with E-state index in [0.717, 1.165) is 28.1 Å². The fourth-order valence-electron chi connectivity index (χ4n) is 3.32. The van der Waals surface area contributed by atoms with Gasteiger partial charge in [0.1, 0.15) is 5.75 Å². The molecule has 0 atom stereocenters. The van der Waals surface area contributed by atoms with Gasteiger partial charge in [0, 0.05) is 11.8 Å². The number of aromatic nitrogens is 1. The molecule has 0 fully saturated rings. The fourth-order valence-corrected chi connectivity index (χ4v) is 3.32. The maximum atomic E-state index is 5.31. The van der Waals surface area contributed by atoms with Crippen LogP contribution in [0.25, 0.3) is 33.5 Å². The predicted molar refractivity (Wildman–Crippen MR) is 112 cm³/mol. The molecule has 0 saturated heterocycles. The quantitative estimate of drug-likeness (QED) is 0.424. The van der Waals surface area contributed by atoms with E-state index in [1.54, 1.807) is 7.11 Å². The van der Waals surface area contributed by atoms with Crippen LogP contribution in [0.15, 0.2) is 91.1 Å². The summed E-state index contributed by atoms with van der Waals surface area (Å²) in [4.78, 5) is 4.65. The van der Waals surface area contributed by atoms with Gasteiger partial charge in [0.2, 0.25) is 0 Å². The van der Waals surface area contributed by atoms with Crippen molar-refractivity contribution in [2.24, 2.45) is 0 Å². The lowest BCUT2D eigenvalue weighted by Crippen LogP contribution is -1.92. The molecule has 0 bridgehead atoms. The summed E-state index contributed by atoms with van der Waals surface area (Å²) in [5, 5.41) is 0. The SMILES string of the molecule is COc1ccc(-c2cccc(-c3ccc(C)cc3)c2-c2ccccn2)cc1. The van der Waals surface area contributed by atoms with Crippen molar-refractivity contribution in [1.29, 1.82) is 0 Å². The Morgan fingerprint density at radius 1 is 0.667 bits per heavy atom. The molecule has 2 nitrogen and oxygen atoms in total. The summed E-state index contributed by atoms with van der Waals surface area (Å²) in [6.07, 6.45) is 1.85. The van der Waals surface area contributed by atoms with Gasteiger partial charge in [0.05, 0.1) is 12.8 Å². The Kier molecular flexibility index (Phi) is 4.71. The molecule has 0 spiro atoms. The van der Waals surface area contributed by atoms with Crippen LogP contribution >= 0.6 is 0 Å². The van der Waals surface area contributed by atoms with Crippen LogP contribution in [0.1, 0.15) is 5.56 Å². The minimum absolute atomic E-state index is 0.854. The smallest absolute Gasteiger partial charge is 0.118 e. The molecule has 0 amide bonds. The summed E-state index contributed by atoms with van der Waals surface area (Å²) in [5.41, 5.74) is 8.05. The highest BCUT2D eigenvalue weighted by molar-refractivity contribution is 5.93. The second kappa shape index (κ2) is 7.46. The molecule has 132 valence electrons. The molecule has 0 aliphatic heterocycles. The van der Waals surface area contributed by atoms with E-state index in [1.807, 2.05) is 30.5 Å². The van der Waals surface area contributed by atoms with Crippen molar-refractivity contribution in [2.45, 2.75) is 6.92 Å². The molecule has 0 unspecified atom stereocenters. The van der Waals surface area contributed by atoms with Crippen molar-refractivity contribution in [3.8, 4) is 39.3 Å². The van der Waals surface area contributed by atoms with Crippen LogP contribution in [-0.2, 0) is 0 Å². The maximum Gasteiger partial charge on any atom is 0.118 e. The van der Waals surface area contributed by atoms with Crippen molar-refractivity contribution in [1.82, 2.24) is 4.98 Å². The molecular weight excluding hydrogens is 330 g/mol. The molecule has 1 aromatic heterocycles. The van der Waals surface area contributed by atoms with Crippen molar-refractivity contribution in [2.75, 3.05) is 7.11 Å². The zero-order valence-electron chi connectivity index (χ0n) is 15.5. The number of hydrogen-bond donors (Lipinski definition) is 0. The van der Waals surface area contributed by atoms with Crippen molar-refractivity contribution in [3.05, 3.63) is 96.7 Å². The van der Waals surface area contributed by atoms with Gasteiger partial charge in [-0.25, -0.2) is 0 Å². The third kappa shape index (κ3) is 3.47. The topological polar surface area (TPSA) is 22.1 Å². The number of hydrogen-bond acceptors (Lipinski definition) is 2. The van der Waals surface area contributed by atoms with Crippen LogP contribution in [0.2, 0.25) is 0 Å². The number of ether oxygens (including phenoxy) is 1. The average molecular weight is 351 g/mol. The van der Waals surface area contributed by atoms with Crippen LogP contribution in [0.3, 0.4) is 0 Å². The van der Waals surface area contributed by atoms with Gasteiger partial charge in [-0.05, 0) is 53.4 Å². The Balaban J connectivity index is 1.96. The molecule has 2 heteroatoms. The standard InChI is InChI=1S/C25H21NO/c1-18-9-11-19(12-10-18)22-6-5-7-23(20-13-15-21(27-2)16-14-20)25(22)24-8-3-4-17-26-24/h3-17H,1-2H3. The highest BCUT2D eigenvalue weighted by Crippen LogP contribution is 2.39. The fraction of sp³-hybridized carbons (Fsp3) is 0.0800. The first-order valence-corrected chi connectivity index (χ1v) is 9.02. The third-order valence-corrected chi connectivity index (χ3v) is 4.75. The summed E-state index contributed by atoms with van der Waals surface area (Å²) >= 11 is 0. The number of rotatable bonds is 4. The van der Waals surface area contributed by atoms with E-state index in [1.165, 1.54) is 16.7 Å². The summed E-state index contributed by atoms with van der Waals surface area (Å²) in [5.74, 6) is 0.854. The van der Waals surface area contributed by atoms with E-state index in [0.29, 0.717) is 0 Å². The van der Waals surface area contributed by atoms with E-state index in [-0.39, 0.29) is 0 Å². The molecule has 0 N–H and O–H groups in total. The first-order chi connectivity index (χ1) is 13.3. The zero-order chi connectivity index (χ0) is 18.6. The Morgan fingerprint density at radius 3 is 1.85 bits per heavy atom. The molecule has 27 heavy (non-hydrogen) atoms. The lowest BCUT2D eigenvalue weighted by Gasteiger charge is -2.16. The first-order valence-electron chi connectivity index (χ1n) is 9.02. The second-order valence-electron chi connectivity index (χ2n) is 6.54. The van der Waals surface area contributed by atoms with Crippen molar-refractivity contribution < 1.29 is 4.74 Å². The highest BCUT2D eigenvalue weighted by atomic mass is 16.5. The summed E-state index contributed by atoms with van der Waals surface area (Å²) in [6, 6.07) is 29.3. The summed E-state index contributed by atoms with van der Waals surface area (Å²) < 4.78 is 5.31. The van der Waals surface area contributed by atoms with E-state index >= 15 is 0 Å². The van der Waals surface area contributed by atoms with E-state index in [9.17, 15) is 0 Å². The van der Waals surface area contributed by atoms with Crippen LogP contribution in [0.4, 0.5) is 0 Å². The van der Waals surface area contributed by atoms with E-state index in [4.69, 9.17) is 4.74 Å². The van der Waals surface area contributed by atoms with Crippen LogP contribution in [0, 0.1) is 6.92 Å². The van der Waals surface area contributed by atoms with Crippen LogP contribution in [0.5, 0.6) is 5.75 Å². The minimum atomic E-state index is 0.854. The first kappa shape index (κ1) is 17.0. The van der Waals surface area contributed by atoms with Gasteiger partial charge in [-0.3, -0.25) is 4.98 Å². The molecule has 0 radical (unpaired) electrons. The predicted octanol–water partition coefficient (Wildman–Crippen LogP) is 6.40. The van der Waals surface area contributed by atoms with Gasteiger partial charge in [0.15, 0.2) is 0 Å². The van der Waals surface area contributed by atoms with E-state index < -0.39 is 0 Å². The van der Waals surface area contributed by atoms with Gasteiger partial charge in [-0.2, -0.15) is 0 Å². The van der Waals surface area contributed by atoms with Gasteiger partial charge in [-0.15, -0.1) is 0 Å². The molecule has 1 heterocycles. The number of methoxy groups -OCH3 is 1. The van der Waals surface area contributed by atoms with E-state index in [2.05, 4.69) is 72.6 Å². The summed E-state index contributed by atoms with van der Waals surface area (Å²) in [6.45, 7) is 2.11. The molecule has 4 aromatic rings. The molecule has 0 aliphatic rings. The lowest BCUT2D eigenvalue weighted by molar-refractivity contribution is 0.415. The maximum absolute atomic E-state index is 5.31. The Hall–Kier alpha value is -3.39. The summed E-state index contributed by atoms with van der Waals surface area (Å²) in [7, 11) is 1.69. The van der Waals surface area contributed by atoms with Crippen molar-refractivity contribution >= 4 is 0 Å². The second-order valence-corrected chi connectivity index (χ2v) is 6.54. The largest absolute Gasteiger partial charge is 0.497 e.